The fraction of sp³-hybridized carbons (Fsp3) is 0.200. The molecule has 0 fully saturated rings. The van der Waals surface area contributed by atoms with Gasteiger partial charge in [0.15, 0.2) is 12.4 Å². The first-order valence-corrected chi connectivity index (χ1v) is 17.0. The van der Waals surface area contributed by atoms with Crippen LogP contribution >= 0.6 is 49.6 Å². The third-order valence-corrected chi connectivity index (χ3v) is 7.84. The lowest BCUT2D eigenvalue weighted by atomic mass is 10.1. The van der Waals surface area contributed by atoms with Crippen molar-refractivity contribution >= 4 is 115 Å². The van der Waals surface area contributed by atoms with E-state index in [9.17, 15) is 25.9 Å². The first kappa shape index (κ1) is 51.9. The molecular formula is C30H42Cl4N10O8S2. The van der Waals surface area contributed by atoms with Crippen molar-refractivity contribution in [3.63, 3.8) is 0 Å². The van der Waals surface area contributed by atoms with Crippen LogP contribution in [0.25, 0.3) is 21.8 Å². The minimum absolute atomic E-state index is 0. The molecular weight excluding hydrogens is 834 g/mol. The van der Waals surface area contributed by atoms with Gasteiger partial charge in [0.2, 0.25) is 31.8 Å². The van der Waals surface area contributed by atoms with Gasteiger partial charge >= 0.3 is 0 Å². The topological polar surface area (TPSA) is 280 Å². The van der Waals surface area contributed by atoms with Gasteiger partial charge < -0.3 is 32.0 Å². The van der Waals surface area contributed by atoms with Crippen molar-refractivity contribution in [1.82, 2.24) is 19.6 Å². The lowest BCUT2D eigenvalue weighted by Gasteiger charge is -2.07. The van der Waals surface area contributed by atoms with E-state index in [0.717, 1.165) is 19.8 Å². The van der Waals surface area contributed by atoms with Crippen LogP contribution in [0.3, 0.4) is 0 Å². The summed E-state index contributed by atoms with van der Waals surface area (Å²) in [6, 6.07) is 20.8. The van der Waals surface area contributed by atoms with Crippen molar-refractivity contribution in [2.45, 2.75) is 13.1 Å². The summed E-state index contributed by atoms with van der Waals surface area (Å²) in [5.74, 6) is 1.02. The summed E-state index contributed by atoms with van der Waals surface area (Å²) in [4.78, 5) is 0. The molecule has 4 aromatic heterocycles. The molecule has 0 aliphatic carbocycles. The molecule has 0 atom stereocenters. The summed E-state index contributed by atoms with van der Waals surface area (Å²) in [5.41, 5.74) is 28.9. The molecule has 2 aromatic carbocycles. The van der Waals surface area contributed by atoms with Gasteiger partial charge in [-0.3, -0.25) is 8.37 Å². The number of hydrogen-bond donors (Lipinski definition) is 4. The maximum atomic E-state index is 9.22. The third-order valence-electron chi connectivity index (χ3n) is 7.03. The Kier molecular flexibility index (Phi) is 22.0. The van der Waals surface area contributed by atoms with Crippen LogP contribution in [0, 0.1) is 0 Å². The molecule has 54 heavy (non-hydrogen) atoms. The third kappa shape index (κ3) is 15.3. The van der Waals surface area contributed by atoms with Gasteiger partial charge in [-0.25, -0.2) is 35.3 Å². The molecule has 18 nitrogen and oxygen atoms in total. The lowest BCUT2D eigenvalue weighted by molar-refractivity contribution is -0.645. The molecule has 0 unspecified atom stereocenters. The number of aryl methyl sites for hydroxylation is 2. The maximum Gasteiger partial charge on any atom is 0.217 e. The van der Waals surface area contributed by atoms with Crippen LogP contribution in [0.5, 0.6) is 0 Å². The highest BCUT2D eigenvalue weighted by atomic mass is 35.5. The molecule has 6 aromatic rings. The molecule has 0 saturated carbocycles. The van der Waals surface area contributed by atoms with E-state index in [1.54, 1.807) is 21.8 Å². The van der Waals surface area contributed by atoms with Gasteiger partial charge in [0, 0.05) is 29.1 Å². The predicted octanol–water partition coefficient (Wildman–Crippen LogP) is 2.02. The highest BCUT2D eigenvalue weighted by Gasteiger charge is 2.12. The zero-order valence-electron chi connectivity index (χ0n) is 29.2. The molecule has 0 amide bonds. The molecule has 0 radical (unpaired) electrons. The average molecular weight is 877 g/mol. The normalized spacial score (nSPS) is 10.3. The maximum absolute atomic E-state index is 9.22. The minimum Gasteiger partial charge on any atom is -0.726 e. The van der Waals surface area contributed by atoms with Gasteiger partial charge in [0.05, 0.1) is 56.5 Å². The van der Waals surface area contributed by atoms with E-state index in [0.29, 0.717) is 36.1 Å². The zero-order chi connectivity index (χ0) is 37.2. The van der Waals surface area contributed by atoms with Gasteiger partial charge in [0.25, 0.3) is 0 Å². The van der Waals surface area contributed by atoms with E-state index >= 15 is 0 Å². The second kappa shape index (κ2) is 22.9. The number of nitrogens with zero attached hydrogens (tertiary/aromatic N) is 6. The molecule has 0 spiro atoms. The summed E-state index contributed by atoms with van der Waals surface area (Å²) in [6.07, 6.45) is 7.29. The van der Waals surface area contributed by atoms with E-state index in [2.05, 4.69) is 70.3 Å². The van der Waals surface area contributed by atoms with Crippen LogP contribution < -0.4 is 32.1 Å². The average Bonchev–Trinajstić information content (AvgIpc) is 3.57. The molecule has 0 saturated heterocycles. The van der Waals surface area contributed by atoms with Gasteiger partial charge in [-0.05, 0) is 23.8 Å². The van der Waals surface area contributed by atoms with Gasteiger partial charge in [-0.15, -0.1) is 49.6 Å². The smallest absolute Gasteiger partial charge is 0.217 e. The van der Waals surface area contributed by atoms with E-state index in [1.807, 2.05) is 44.6 Å². The van der Waals surface area contributed by atoms with Crippen molar-refractivity contribution in [3.05, 3.63) is 96.6 Å². The molecule has 8 N–H and O–H groups in total. The lowest BCUT2D eigenvalue weighted by Crippen LogP contribution is -2.29. The van der Waals surface area contributed by atoms with Crippen molar-refractivity contribution in [3.8, 4) is 0 Å². The van der Waals surface area contributed by atoms with Crippen LogP contribution in [0.15, 0.2) is 85.5 Å². The number of aromatic nitrogens is 6. The monoisotopic (exact) mass is 874 g/mol. The number of hydrogen-bond acceptors (Lipinski definition) is 14. The Labute approximate surface area is 337 Å². The first-order chi connectivity index (χ1) is 23.4. The number of halogens is 4. The second-order valence-electron chi connectivity index (χ2n) is 10.4. The number of para-hydroxylation sites is 2. The molecule has 4 heterocycles. The SMILES string of the molecule is COS(=O)(=O)[O-].COS(=O)(=O)[O-].C[n+]1cc(Cn2ncc(N)c2N)cc2ccccc21.C[n+]1ccc(Cn2ncc(N)c2N)c2ccccc21.Cl.Cl.Cl.Cl. The van der Waals surface area contributed by atoms with Crippen LogP contribution in [-0.4, -0.2) is 59.7 Å². The summed E-state index contributed by atoms with van der Waals surface area (Å²) >= 11 is 0. The highest BCUT2D eigenvalue weighted by molar-refractivity contribution is 7.81. The fourth-order valence-electron chi connectivity index (χ4n) is 4.54. The highest BCUT2D eigenvalue weighted by Crippen LogP contribution is 2.20. The van der Waals surface area contributed by atoms with Crippen LogP contribution in [0.1, 0.15) is 11.1 Å². The molecule has 0 aliphatic heterocycles. The number of anilines is 4. The first-order valence-electron chi connectivity index (χ1n) is 14.3. The Morgan fingerprint density at radius 3 is 1.59 bits per heavy atom. The van der Waals surface area contributed by atoms with Crippen molar-refractivity contribution in [1.29, 1.82) is 0 Å². The number of pyridine rings is 2. The molecule has 300 valence electrons. The standard InChI is InChI=1S/2C14H16N5.2CH4O4S.4ClH/c1-18-8-10(6-11-4-2-3-5-13(11)18)9-19-14(16)12(15)7-17-19;1-18-7-6-10(11-4-2-3-5-13(11)18)9-19-14(16)12(15)8-17-19;2*1-5-6(2,3)4;;;;/h2*2-8H,9,15-16H2,1H3;2*1H3,(H,2,3,4);4*1H/q2*+1;;;;;;/p-2. The quantitative estimate of drug-likeness (QED) is 0.106. The number of fused-ring (bicyclic) bond motifs is 2. The molecule has 0 aliphatic rings. The number of nitrogens with two attached hydrogens (primary N) is 4. The van der Waals surface area contributed by atoms with Crippen LogP contribution in [0.2, 0.25) is 0 Å². The summed E-state index contributed by atoms with van der Waals surface area (Å²) < 4.78 is 69.7. The Balaban J connectivity index is 0. The Hall–Kier alpha value is -4.22. The van der Waals surface area contributed by atoms with Crippen LogP contribution in [-0.2, 0) is 56.3 Å². The number of nitrogen functional groups attached to an aromatic ring is 4. The van der Waals surface area contributed by atoms with Crippen molar-refractivity contribution < 1.29 is 43.4 Å². The Morgan fingerprint density at radius 1 is 0.685 bits per heavy atom. The second-order valence-corrected chi connectivity index (χ2v) is 12.7. The summed E-state index contributed by atoms with van der Waals surface area (Å²) in [7, 11) is -3.14. The van der Waals surface area contributed by atoms with E-state index in [1.165, 1.54) is 27.4 Å². The van der Waals surface area contributed by atoms with Crippen LogP contribution in [0.4, 0.5) is 23.0 Å². The van der Waals surface area contributed by atoms with Gasteiger partial charge in [0.1, 0.15) is 25.7 Å². The summed E-state index contributed by atoms with van der Waals surface area (Å²) in [5, 5.41) is 10.8. The predicted molar refractivity (Wildman–Crippen MR) is 213 cm³/mol. The van der Waals surface area contributed by atoms with E-state index in [4.69, 9.17) is 22.9 Å². The largest absolute Gasteiger partial charge is 0.726 e. The summed E-state index contributed by atoms with van der Waals surface area (Å²) in [6.45, 7) is 1.23. The van der Waals surface area contributed by atoms with Gasteiger partial charge in [-0.1, -0.05) is 24.3 Å². The molecule has 6 rings (SSSR count). The Morgan fingerprint density at radius 2 is 1.13 bits per heavy atom. The minimum atomic E-state index is -4.41. The molecule has 24 heteroatoms. The van der Waals surface area contributed by atoms with E-state index < -0.39 is 20.8 Å². The number of benzene rings is 2. The van der Waals surface area contributed by atoms with Crippen molar-refractivity contribution in [2.75, 3.05) is 37.2 Å². The Bertz CT molecular complexity index is 2280. The van der Waals surface area contributed by atoms with Crippen molar-refractivity contribution in [2.24, 2.45) is 14.1 Å². The zero-order valence-corrected chi connectivity index (χ0v) is 34.1. The fourth-order valence-corrected chi connectivity index (χ4v) is 4.54. The number of rotatable bonds is 6. The van der Waals surface area contributed by atoms with E-state index in [-0.39, 0.29) is 49.6 Å². The van der Waals surface area contributed by atoms with Gasteiger partial charge in [-0.2, -0.15) is 10.2 Å². The molecule has 0 bridgehead atoms.